The lowest BCUT2D eigenvalue weighted by atomic mass is 10.2. The second kappa shape index (κ2) is 4.42. The zero-order valence-electron chi connectivity index (χ0n) is 8.81. The Hall–Kier alpha value is -2.08. The maximum Gasteiger partial charge on any atom is 0.361 e. The Bertz CT molecular complexity index is 617. The van der Waals surface area contributed by atoms with E-state index < -0.39 is 11.7 Å². The predicted octanol–water partition coefficient (Wildman–Crippen LogP) is 1.00. The van der Waals surface area contributed by atoms with E-state index in [9.17, 15) is 9.59 Å². The lowest BCUT2D eigenvalue weighted by Gasteiger charge is -2.05. The summed E-state index contributed by atoms with van der Waals surface area (Å²) in [5, 5.41) is 2.70. The third kappa shape index (κ3) is 2.21. The fraction of sp³-hybridized carbons (Fsp3) is 0.100. The van der Waals surface area contributed by atoms with Crippen LogP contribution in [0.3, 0.4) is 0 Å². The van der Waals surface area contributed by atoms with Crippen molar-refractivity contribution in [3.8, 4) is 5.69 Å². The number of nitrogens with one attached hydrogen (secondary N) is 1. The highest BCUT2D eigenvalue weighted by atomic mass is 35.5. The highest BCUT2D eigenvalue weighted by molar-refractivity contribution is 6.33. The molecule has 1 N–H and O–H groups in total. The fourth-order valence-corrected chi connectivity index (χ4v) is 1.58. The van der Waals surface area contributed by atoms with Gasteiger partial charge in [-0.05, 0) is 18.2 Å². The molecule has 1 aromatic carbocycles. The number of methoxy groups -OCH3 is 1. The van der Waals surface area contributed by atoms with Crippen LogP contribution in [0.5, 0.6) is 0 Å². The molecular weight excluding hydrogens is 246 g/mol. The van der Waals surface area contributed by atoms with Gasteiger partial charge in [0.05, 0.1) is 23.4 Å². The number of benzene rings is 1. The van der Waals surface area contributed by atoms with Crippen LogP contribution in [0.4, 0.5) is 0 Å². The van der Waals surface area contributed by atoms with Crippen LogP contribution in [0, 0.1) is 0 Å². The van der Waals surface area contributed by atoms with Crippen molar-refractivity contribution in [2.45, 2.75) is 0 Å². The molecule has 6 nitrogen and oxygen atoms in total. The van der Waals surface area contributed by atoms with Gasteiger partial charge in [-0.3, -0.25) is 0 Å². The summed E-state index contributed by atoms with van der Waals surface area (Å²) in [4.78, 5) is 25.7. The van der Waals surface area contributed by atoms with Gasteiger partial charge in [-0.1, -0.05) is 11.6 Å². The first-order chi connectivity index (χ1) is 8.11. The van der Waals surface area contributed by atoms with Gasteiger partial charge in [-0.25, -0.2) is 19.4 Å². The molecule has 0 saturated carbocycles. The molecular formula is C10H8ClN3O3. The van der Waals surface area contributed by atoms with Crippen molar-refractivity contribution < 1.29 is 9.53 Å². The molecule has 7 heteroatoms. The second-order valence-electron chi connectivity index (χ2n) is 3.19. The summed E-state index contributed by atoms with van der Waals surface area (Å²) in [5.41, 5.74) is 0.399. The van der Waals surface area contributed by atoms with Crippen LogP contribution in [-0.2, 0) is 4.74 Å². The standard InChI is InChI=1S/C10H8ClN3O3/c1-17-9(15)7-3-2-6(4-8(7)11)14-5-12-10(16)13-14/h2-5H,1H3,(H,13,16). The van der Waals surface area contributed by atoms with E-state index in [1.807, 2.05) is 0 Å². The van der Waals surface area contributed by atoms with Gasteiger partial charge in [-0.15, -0.1) is 0 Å². The molecule has 0 aliphatic rings. The molecule has 1 heterocycles. The van der Waals surface area contributed by atoms with Gasteiger partial charge in [0.1, 0.15) is 6.33 Å². The zero-order chi connectivity index (χ0) is 12.4. The number of hydrogen-bond donors (Lipinski definition) is 1. The minimum atomic E-state index is -0.513. The summed E-state index contributed by atoms with van der Waals surface area (Å²) in [6.07, 6.45) is 1.33. The fourth-order valence-electron chi connectivity index (χ4n) is 1.33. The minimum Gasteiger partial charge on any atom is -0.465 e. The molecule has 0 aliphatic carbocycles. The Morgan fingerprint density at radius 2 is 2.29 bits per heavy atom. The van der Waals surface area contributed by atoms with E-state index in [0.29, 0.717) is 5.69 Å². The molecule has 0 radical (unpaired) electrons. The topological polar surface area (TPSA) is 77.0 Å². The Kier molecular flexibility index (Phi) is 2.97. The highest BCUT2D eigenvalue weighted by Crippen LogP contribution is 2.20. The van der Waals surface area contributed by atoms with E-state index in [0.717, 1.165) is 0 Å². The number of aromatic amines is 1. The van der Waals surface area contributed by atoms with Gasteiger partial charge in [-0.2, -0.15) is 4.98 Å². The quantitative estimate of drug-likeness (QED) is 0.810. The molecule has 0 atom stereocenters. The van der Waals surface area contributed by atoms with Crippen LogP contribution in [0.25, 0.3) is 5.69 Å². The summed E-state index contributed by atoms with van der Waals surface area (Å²) < 4.78 is 5.96. The lowest BCUT2D eigenvalue weighted by molar-refractivity contribution is 0.0601. The number of rotatable bonds is 2. The molecule has 2 rings (SSSR count). The molecule has 0 unspecified atom stereocenters. The number of nitrogens with zero attached hydrogens (tertiary/aromatic N) is 2. The highest BCUT2D eigenvalue weighted by Gasteiger charge is 2.11. The summed E-state index contributed by atoms with van der Waals surface area (Å²) in [5.74, 6) is -0.513. The van der Waals surface area contributed by atoms with E-state index in [1.54, 1.807) is 6.07 Å². The van der Waals surface area contributed by atoms with E-state index >= 15 is 0 Å². The smallest absolute Gasteiger partial charge is 0.361 e. The van der Waals surface area contributed by atoms with Crippen LogP contribution in [0.1, 0.15) is 10.4 Å². The van der Waals surface area contributed by atoms with E-state index in [-0.39, 0.29) is 10.6 Å². The lowest BCUT2D eigenvalue weighted by Crippen LogP contribution is -2.06. The largest absolute Gasteiger partial charge is 0.465 e. The summed E-state index contributed by atoms with van der Waals surface area (Å²) >= 11 is 5.93. The maximum atomic E-state index is 11.3. The Labute approximate surface area is 101 Å². The molecule has 0 amide bonds. The van der Waals surface area contributed by atoms with Gasteiger partial charge in [0.25, 0.3) is 0 Å². The van der Waals surface area contributed by atoms with Gasteiger partial charge in [0.2, 0.25) is 0 Å². The Balaban J connectivity index is 2.44. The predicted molar refractivity (Wildman–Crippen MR) is 60.5 cm³/mol. The average molecular weight is 254 g/mol. The minimum absolute atomic E-state index is 0.240. The van der Waals surface area contributed by atoms with Gasteiger partial charge < -0.3 is 4.74 Å². The van der Waals surface area contributed by atoms with Gasteiger partial charge in [0.15, 0.2) is 0 Å². The van der Waals surface area contributed by atoms with Crippen LogP contribution in [0.15, 0.2) is 29.3 Å². The van der Waals surface area contributed by atoms with Crippen molar-refractivity contribution in [1.82, 2.24) is 14.8 Å². The number of ether oxygens (including phenoxy) is 1. The van der Waals surface area contributed by atoms with E-state index in [1.165, 1.54) is 30.3 Å². The Morgan fingerprint density at radius 3 is 2.82 bits per heavy atom. The van der Waals surface area contributed by atoms with Crippen LogP contribution >= 0.6 is 11.6 Å². The second-order valence-corrected chi connectivity index (χ2v) is 3.59. The molecule has 0 bridgehead atoms. The first-order valence-corrected chi connectivity index (χ1v) is 5.01. The van der Waals surface area contributed by atoms with Crippen LogP contribution in [-0.4, -0.2) is 27.8 Å². The van der Waals surface area contributed by atoms with Crippen molar-refractivity contribution in [2.24, 2.45) is 0 Å². The van der Waals surface area contributed by atoms with Crippen molar-refractivity contribution in [2.75, 3.05) is 7.11 Å². The summed E-state index contributed by atoms with van der Waals surface area (Å²) in [7, 11) is 1.28. The summed E-state index contributed by atoms with van der Waals surface area (Å²) in [6, 6.07) is 4.67. The number of carbonyl (C=O) groups is 1. The average Bonchev–Trinajstić information content (AvgIpc) is 2.75. The molecule has 17 heavy (non-hydrogen) atoms. The van der Waals surface area contributed by atoms with Crippen molar-refractivity contribution in [1.29, 1.82) is 0 Å². The monoisotopic (exact) mass is 253 g/mol. The number of hydrogen-bond acceptors (Lipinski definition) is 4. The van der Waals surface area contributed by atoms with Crippen molar-refractivity contribution in [3.63, 3.8) is 0 Å². The third-order valence-electron chi connectivity index (χ3n) is 2.14. The first-order valence-electron chi connectivity index (χ1n) is 4.63. The Morgan fingerprint density at radius 1 is 1.53 bits per heavy atom. The van der Waals surface area contributed by atoms with Gasteiger partial charge in [0, 0.05) is 0 Å². The van der Waals surface area contributed by atoms with E-state index in [2.05, 4.69) is 14.8 Å². The molecule has 88 valence electrons. The molecule has 2 aromatic rings. The molecule has 0 aliphatic heterocycles. The normalized spacial score (nSPS) is 10.2. The molecule has 0 saturated heterocycles. The number of carbonyl (C=O) groups excluding carboxylic acids is 1. The number of aromatic nitrogens is 3. The molecule has 1 aromatic heterocycles. The molecule has 0 spiro atoms. The molecule has 0 fully saturated rings. The number of H-pyrrole nitrogens is 1. The van der Waals surface area contributed by atoms with Crippen molar-refractivity contribution in [3.05, 3.63) is 45.6 Å². The van der Waals surface area contributed by atoms with Crippen LogP contribution < -0.4 is 5.69 Å². The van der Waals surface area contributed by atoms with Crippen molar-refractivity contribution >= 4 is 17.6 Å². The maximum absolute atomic E-state index is 11.3. The number of halogens is 1. The SMILES string of the molecule is COC(=O)c1ccc(-n2cnc(=O)[nH]2)cc1Cl. The summed E-state index contributed by atoms with van der Waals surface area (Å²) in [6.45, 7) is 0. The number of esters is 1. The van der Waals surface area contributed by atoms with E-state index in [4.69, 9.17) is 11.6 Å². The first kappa shape index (κ1) is 11.4. The third-order valence-corrected chi connectivity index (χ3v) is 2.46. The van der Waals surface area contributed by atoms with Crippen LogP contribution in [0.2, 0.25) is 5.02 Å². The zero-order valence-corrected chi connectivity index (χ0v) is 9.56. The van der Waals surface area contributed by atoms with Gasteiger partial charge >= 0.3 is 11.7 Å².